The zero-order valence-electron chi connectivity index (χ0n) is 10.4. The van der Waals surface area contributed by atoms with E-state index in [2.05, 4.69) is 12.2 Å². The fourth-order valence-corrected chi connectivity index (χ4v) is 2.87. The molecule has 1 aromatic rings. The van der Waals surface area contributed by atoms with Gasteiger partial charge in [-0.25, -0.2) is 4.39 Å². The summed E-state index contributed by atoms with van der Waals surface area (Å²) < 4.78 is 13.1. The molecule has 1 N–H and O–H groups in total. The molecule has 0 spiro atoms. The SMILES string of the molecule is CCCC1(C(=O)c2ccc(F)c(Cl)c2)CCNC1. The second kappa shape index (κ2) is 5.37. The Morgan fingerprint density at radius 3 is 2.89 bits per heavy atom. The number of benzene rings is 1. The van der Waals surface area contributed by atoms with E-state index in [-0.39, 0.29) is 16.2 Å². The van der Waals surface area contributed by atoms with Gasteiger partial charge in [0.2, 0.25) is 0 Å². The predicted molar refractivity (Wildman–Crippen MR) is 70.6 cm³/mol. The summed E-state index contributed by atoms with van der Waals surface area (Å²) in [6.45, 7) is 3.64. The summed E-state index contributed by atoms with van der Waals surface area (Å²) in [5.41, 5.74) is 0.175. The molecule has 2 nitrogen and oxygen atoms in total. The van der Waals surface area contributed by atoms with Gasteiger partial charge in [-0.2, -0.15) is 0 Å². The third kappa shape index (κ3) is 2.43. The van der Waals surface area contributed by atoms with Crippen molar-refractivity contribution in [2.75, 3.05) is 13.1 Å². The summed E-state index contributed by atoms with van der Waals surface area (Å²) in [7, 11) is 0. The van der Waals surface area contributed by atoms with Gasteiger partial charge in [0.05, 0.1) is 5.02 Å². The van der Waals surface area contributed by atoms with E-state index in [1.165, 1.54) is 18.2 Å². The van der Waals surface area contributed by atoms with E-state index in [0.717, 1.165) is 25.8 Å². The van der Waals surface area contributed by atoms with E-state index in [9.17, 15) is 9.18 Å². The molecule has 0 aromatic heterocycles. The Kier molecular flexibility index (Phi) is 4.03. The van der Waals surface area contributed by atoms with Crippen LogP contribution in [0.1, 0.15) is 36.5 Å². The summed E-state index contributed by atoms with van der Waals surface area (Å²) in [4.78, 5) is 12.6. The Hall–Kier alpha value is -0.930. The maximum absolute atomic E-state index is 13.1. The first-order valence-corrected chi connectivity index (χ1v) is 6.67. The van der Waals surface area contributed by atoms with Crippen LogP contribution >= 0.6 is 11.6 Å². The summed E-state index contributed by atoms with van der Waals surface area (Å²) in [5, 5.41) is 3.26. The molecule has 1 aromatic carbocycles. The molecule has 18 heavy (non-hydrogen) atoms. The Morgan fingerprint density at radius 2 is 2.33 bits per heavy atom. The van der Waals surface area contributed by atoms with Crippen molar-refractivity contribution >= 4 is 17.4 Å². The van der Waals surface area contributed by atoms with Gasteiger partial charge in [-0.1, -0.05) is 24.9 Å². The van der Waals surface area contributed by atoms with Crippen LogP contribution in [0, 0.1) is 11.2 Å². The molecular formula is C14H17ClFNO. The van der Waals surface area contributed by atoms with Crippen molar-refractivity contribution in [2.24, 2.45) is 5.41 Å². The minimum atomic E-state index is -0.484. The third-order valence-electron chi connectivity index (χ3n) is 3.64. The van der Waals surface area contributed by atoms with Crippen LogP contribution in [0.2, 0.25) is 5.02 Å². The fourth-order valence-electron chi connectivity index (χ4n) is 2.69. The number of hydrogen-bond donors (Lipinski definition) is 1. The average Bonchev–Trinajstić information content (AvgIpc) is 2.82. The smallest absolute Gasteiger partial charge is 0.170 e. The first kappa shape index (κ1) is 13.5. The van der Waals surface area contributed by atoms with Crippen LogP contribution in [0.15, 0.2) is 18.2 Å². The average molecular weight is 270 g/mol. The second-order valence-corrected chi connectivity index (χ2v) is 5.32. The third-order valence-corrected chi connectivity index (χ3v) is 3.93. The van der Waals surface area contributed by atoms with Gasteiger partial charge in [-0.3, -0.25) is 4.79 Å². The highest BCUT2D eigenvalue weighted by Crippen LogP contribution is 2.35. The van der Waals surface area contributed by atoms with E-state index < -0.39 is 5.82 Å². The second-order valence-electron chi connectivity index (χ2n) is 4.92. The van der Waals surface area contributed by atoms with Gasteiger partial charge < -0.3 is 5.32 Å². The first-order chi connectivity index (χ1) is 8.59. The summed E-state index contributed by atoms with van der Waals surface area (Å²) in [6, 6.07) is 4.23. The van der Waals surface area contributed by atoms with Gasteiger partial charge in [0.25, 0.3) is 0 Å². The number of carbonyl (C=O) groups is 1. The molecule has 0 radical (unpaired) electrons. The highest BCUT2D eigenvalue weighted by atomic mass is 35.5. The summed E-state index contributed by atoms with van der Waals surface area (Å²) >= 11 is 5.74. The van der Waals surface area contributed by atoms with Crippen LogP contribution in [-0.2, 0) is 0 Å². The molecule has 0 aliphatic carbocycles. The summed E-state index contributed by atoms with van der Waals surface area (Å²) in [5.74, 6) is -0.404. The largest absolute Gasteiger partial charge is 0.316 e. The number of carbonyl (C=O) groups excluding carboxylic acids is 1. The predicted octanol–water partition coefficient (Wildman–Crippen LogP) is 3.44. The number of hydrogen-bond acceptors (Lipinski definition) is 2. The van der Waals surface area contributed by atoms with Crippen LogP contribution in [0.3, 0.4) is 0 Å². The number of Topliss-reactive ketones (excluding diaryl/α,β-unsaturated/α-hetero) is 1. The molecule has 1 atom stereocenters. The van der Waals surface area contributed by atoms with Crippen molar-refractivity contribution in [3.8, 4) is 0 Å². The molecule has 0 saturated carbocycles. The van der Waals surface area contributed by atoms with Crippen molar-refractivity contribution in [3.63, 3.8) is 0 Å². The quantitative estimate of drug-likeness (QED) is 0.849. The molecule has 1 saturated heterocycles. The van der Waals surface area contributed by atoms with Crippen LogP contribution in [0.4, 0.5) is 4.39 Å². The van der Waals surface area contributed by atoms with E-state index >= 15 is 0 Å². The van der Waals surface area contributed by atoms with Crippen LogP contribution < -0.4 is 5.32 Å². The van der Waals surface area contributed by atoms with E-state index in [1.54, 1.807) is 0 Å². The molecule has 1 aliphatic heterocycles. The lowest BCUT2D eigenvalue weighted by molar-refractivity contribution is 0.0802. The van der Waals surface area contributed by atoms with Crippen LogP contribution in [0.5, 0.6) is 0 Å². The van der Waals surface area contributed by atoms with Crippen molar-refractivity contribution in [1.82, 2.24) is 5.32 Å². The Labute approximate surface area is 112 Å². The highest BCUT2D eigenvalue weighted by molar-refractivity contribution is 6.31. The number of rotatable bonds is 4. The van der Waals surface area contributed by atoms with Gasteiger partial charge in [-0.05, 0) is 37.6 Å². The van der Waals surface area contributed by atoms with Crippen molar-refractivity contribution < 1.29 is 9.18 Å². The molecule has 2 rings (SSSR count). The van der Waals surface area contributed by atoms with Gasteiger partial charge in [0.15, 0.2) is 5.78 Å². The lowest BCUT2D eigenvalue weighted by Crippen LogP contribution is -2.33. The maximum Gasteiger partial charge on any atom is 0.170 e. The Morgan fingerprint density at radius 1 is 1.56 bits per heavy atom. The number of nitrogens with one attached hydrogen (secondary N) is 1. The molecule has 1 heterocycles. The van der Waals surface area contributed by atoms with Crippen LogP contribution in [-0.4, -0.2) is 18.9 Å². The van der Waals surface area contributed by atoms with Gasteiger partial charge in [-0.15, -0.1) is 0 Å². The Bertz CT molecular complexity index is 455. The van der Waals surface area contributed by atoms with Gasteiger partial charge >= 0.3 is 0 Å². The molecule has 1 fully saturated rings. The summed E-state index contributed by atoms with van der Waals surface area (Å²) in [6.07, 6.45) is 2.66. The Balaban J connectivity index is 2.30. The standard InChI is InChI=1S/C14H17ClFNO/c1-2-5-14(6-7-17-9-14)13(18)10-3-4-12(16)11(15)8-10/h3-4,8,17H,2,5-7,9H2,1H3. The molecule has 1 aliphatic rings. The fraction of sp³-hybridized carbons (Fsp3) is 0.500. The zero-order chi connectivity index (χ0) is 13.2. The maximum atomic E-state index is 13.1. The zero-order valence-corrected chi connectivity index (χ0v) is 11.2. The molecule has 0 bridgehead atoms. The number of halogens is 2. The minimum absolute atomic E-state index is 0.0125. The lowest BCUT2D eigenvalue weighted by Gasteiger charge is -2.26. The van der Waals surface area contributed by atoms with Crippen molar-refractivity contribution in [1.29, 1.82) is 0 Å². The van der Waals surface area contributed by atoms with E-state index in [0.29, 0.717) is 12.1 Å². The van der Waals surface area contributed by atoms with Crippen LogP contribution in [0.25, 0.3) is 0 Å². The van der Waals surface area contributed by atoms with Crippen molar-refractivity contribution in [3.05, 3.63) is 34.6 Å². The van der Waals surface area contributed by atoms with Gasteiger partial charge in [0.1, 0.15) is 5.82 Å². The molecule has 1 unspecified atom stereocenters. The van der Waals surface area contributed by atoms with Gasteiger partial charge in [0, 0.05) is 17.5 Å². The van der Waals surface area contributed by atoms with Crippen molar-refractivity contribution in [2.45, 2.75) is 26.2 Å². The lowest BCUT2D eigenvalue weighted by atomic mass is 9.76. The number of ketones is 1. The first-order valence-electron chi connectivity index (χ1n) is 6.29. The van der Waals surface area contributed by atoms with E-state index in [4.69, 9.17) is 11.6 Å². The topological polar surface area (TPSA) is 29.1 Å². The van der Waals surface area contributed by atoms with E-state index in [1.807, 2.05) is 0 Å². The normalized spacial score (nSPS) is 23.3. The monoisotopic (exact) mass is 269 g/mol. The molecular weight excluding hydrogens is 253 g/mol. The molecule has 0 amide bonds. The molecule has 4 heteroatoms. The highest BCUT2D eigenvalue weighted by Gasteiger charge is 2.40. The minimum Gasteiger partial charge on any atom is -0.316 e. The molecule has 98 valence electrons.